The number of rotatable bonds is 7. The van der Waals surface area contributed by atoms with E-state index < -0.39 is 5.97 Å². The molecule has 1 aliphatic rings. The van der Waals surface area contributed by atoms with Crippen LogP contribution < -0.4 is 0 Å². The maximum Gasteiger partial charge on any atom is 0.338 e. The summed E-state index contributed by atoms with van der Waals surface area (Å²) < 4.78 is 11.2. The first kappa shape index (κ1) is 21.0. The van der Waals surface area contributed by atoms with Gasteiger partial charge in [-0.1, -0.05) is 78.9 Å². The third-order valence-electron chi connectivity index (χ3n) is 4.73. The maximum atomic E-state index is 13.0. The lowest BCUT2D eigenvalue weighted by atomic mass is 10.0. The highest BCUT2D eigenvalue weighted by Gasteiger charge is 2.26. The quantitative estimate of drug-likeness (QED) is 0.391. The van der Waals surface area contributed by atoms with E-state index in [-0.39, 0.29) is 36.0 Å². The number of hydrogen-bond acceptors (Lipinski definition) is 5. The molecule has 0 N–H and O–H groups in total. The molecular weight excluding hydrogens is 402 g/mol. The van der Waals surface area contributed by atoms with Gasteiger partial charge in [-0.05, 0) is 35.4 Å². The van der Waals surface area contributed by atoms with Gasteiger partial charge in [0.2, 0.25) is 5.78 Å². The number of carbonyl (C=O) groups excluding carboxylic acids is 2. The second-order valence-electron chi connectivity index (χ2n) is 7.11. The van der Waals surface area contributed by atoms with Gasteiger partial charge in [0.15, 0.2) is 5.76 Å². The molecule has 32 heavy (non-hydrogen) atoms. The lowest BCUT2D eigenvalue weighted by molar-refractivity contribution is -0.139. The van der Waals surface area contributed by atoms with Crippen LogP contribution in [0, 0.1) is 0 Å². The van der Waals surface area contributed by atoms with E-state index in [2.05, 4.69) is 4.99 Å². The molecule has 5 nitrogen and oxygen atoms in total. The molecule has 1 aliphatic carbocycles. The Kier molecular flexibility index (Phi) is 6.68. The van der Waals surface area contributed by atoms with Crippen molar-refractivity contribution in [2.45, 2.75) is 13.2 Å². The van der Waals surface area contributed by atoms with Gasteiger partial charge in [0.25, 0.3) is 0 Å². The van der Waals surface area contributed by atoms with Crippen LogP contribution in [0.5, 0.6) is 0 Å². The summed E-state index contributed by atoms with van der Waals surface area (Å²) in [6, 6.07) is 28.0. The summed E-state index contributed by atoms with van der Waals surface area (Å²) in [5.74, 6) is -0.884. The van der Waals surface area contributed by atoms with E-state index in [0.717, 1.165) is 11.1 Å². The number of hydrogen-bond donors (Lipinski definition) is 0. The fraction of sp³-hybridized carbons (Fsp3) is 0.0741. The van der Waals surface area contributed by atoms with Crippen LogP contribution in [0.3, 0.4) is 0 Å². The fourth-order valence-electron chi connectivity index (χ4n) is 3.08. The minimum atomic E-state index is -0.553. The van der Waals surface area contributed by atoms with Crippen molar-refractivity contribution in [3.63, 3.8) is 0 Å². The van der Waals surface area contributed by atoms with Gasteiger partial charge in [-0.25, -0.2) is 9.79 Å². The Labute approximate surface area is 186 Å². The second-order valence-corrected chi connectivity index (χ2v) is 7.11. The van der Waals surface area contributed by atoms with Crippen LogP contribution in [0.4, 0.5) is 5.69 Å². The van der Waals surface area contributed by atoms with E-state index >= 15 is 0 Å². The molecule has 0 fully saturated rings. The molecule has 3 aromatic carbocycles. The zero-order valence-electron chi connectivity index (χ0n) is 17.3. The Hall–Kier alpha value is -4.25. The first-order valence-electron chi connectivity index (χ1n) is 10.2. The standard InChI is InChI=1S/C27H21NO4/c29-26-24(28-23-14-8-3-9-15-23)16-22(27(30)32-19-21-12-6-2-7-13-21)17-25(26)31-18-20-10-4-1-5-11-20/h1-17H,18-19H2. The number of Topliss-reactive ketones (excluding diaryl/α,β-unsaturated/α-hetero) is 1. The highest BCUT2D eigenvalue weighted by molar-refractivity contribution is 6.51. The number of nitrogens with zero attached hydrogens (tertiary/aromatic N) is 1. The molecule has 0 bridgehead atoms. The number of esters is 1. The van der Waals surface area contributed by atoms with Gasteiger partial charge in [-0.2, -0.15) is 0 Å². The van der Waals surface area contributed by atoms with Crippen molar-refractivity contribution < 1.29 is 19.1 Å². The minimum Gasteiger partial charge on any atom is -0.485 e. The second kappa shape index (κ2) is 10.2. The Morgan fingerprint density at radius 1 is 0.719 bits per heavy atom. The number of benzene rings is 3. The first-order valence-corrected chi connectivity index (χ1v) is 10.2. The van der Waals surface area contributed by atoms with E-state index in [0.29, 0.717) is 5.69 Å². The molecule has 4 rings (SSSR count). The van der Waals surface area contributed by atoms with Crippen LogP contribution >= 0.6 is 0 Å². The van der Waals surface area contributed by atoms with Gasteiger partial charge in [-0.15, -0.1) is 0 Å². The SMILES string of the molecule is O=C(OCc1ccccc1)C1=CC(=Nc2ccccc2)C(=O)C(OCc2ccccc2)=C1. The van der Waals surface area contributed by atoms with Crippen LogP contribution in [0.2, 0.25) is 0 Å². The molecule has 5 heteroatoms. The van der Waals surface area contributed by atoms with Gasteiger partial charge < -0.3 is 9.47 Å². The molecule has 0 spiro atoms. The number of para-hydroxylation sites is 1. The summed E-state index contributed by atoms with van der Waals surface area (Å²) in [4.78, 5) is 30.1. The number of allylic oxidation sites excluding steroid dienone is 2. The van der Waals surface area contributed by atoms with Crippen molar-refractivity contribution in [3.05, 3.63) is 126 Å². The van der Waals surface area contributed by atoms with Crippen LogP contribution in [-0.4, -0.2) is 17.5 Å². The summed E-state index contributed by atoms with van der Waals surface area (Å²) in [6.45, 7) is 0.327. The van der Waals surface area contributed by atoms with Gasteiger partial charge in [0.1, 0.15) is 18.9 Å². The Bertz CT molecular complexity index is 1180. The highest BCUT2D eigenvalue weighted by atomic mass is 16.5. The third-order valence-corrected chi connectivity index (χ3v) is 4.73. The van der Waals surface area contributed by atoms with Crippen LogP contribution in [0.1, 0.15) is 11.1 Å². The van der Waals surface area contributed by atoms with Crippen molar-refractivity contribution >= 4 is 23.2 Å². The average Bonchev–Trinajstić information content (AvgIpc) is 2.85. The molecule has 0 radical (unpaired) electrons. The van der Waals surface area contributed by atoms with Gasteiger partial charge >= 0.3 is 5.97 Å². The molecule has 0 amide bonds. The molecular formula is C27H21NO4. The van der Waals surface area contributed by atoms with Gasteiger partial charge in [-0.3, -0.25) is 4.79 Å². The average molecular weight is 423 g/mol. The number of carbonyl (C=O) groups is 2. The maximum absolute atomic E-state index is 13.0. The van der Waals surface area contributed by atoms with E-state index in [1.807, 2.05) is 78.9 Å². The van der Waals surface area contributed by atoms with Crippen molar-refractivity contribution in [2.24, 2.45) is 4.99 Å². The Morgan fingerprint density at radius 2 is 1.28 bits per heavy atom. The summed E-state index contributed by atoms with van der Waals surface area (Å²) in [7, 11) is 0. The largest absolute Gasteiger partial charge is 0.485 e. The molecule has 0 atom stereocenters. The molecule has 0 saturated heterocycles. The summed E-state index contributed by atoms with van der Waals surface area (Å²) in [5, 5.41) is 0. The van der Waals surface area contributed by atoms with Crippen molar-refractivity contribution in [1.82, 2.24) is 0 Å². The summed E-state index contributed by atoms with van der Waals surface area (Å²) in [5.41, 5.74) is 2.71. The first-order chi connectivity index (χ1) is 15.7. The molecule has 0 aromatic heterocycles. The van der Waals surface area contributed by atoms with Crippen molar-refractivity contribution in [1.29, 1.82) is 0 Å². The van der Waals surface area contributed by atoms with Crippen LogP contribution in [-0.2, 0) is 32.3 Å². The molecule has 158 valence electrons. The predicted molar refractivity (Wildman–Crippen MR) is 122 cm³/mol. The van der Waals surface area contributed by atoms with E-state index in [4.69, 9.17) is 9.47 Å². The van der Waals surface area contributed by atoms with Crippen LogP contribution in [0.25, 0.3) is 0 Å². The number of aliphatic imine (C=N–C) groups is 1. The number of ether oxygens (including phenoxy) is 2. The normalized spacial score (nSPS) is 14.5. The lowest BCUT2D eigenvalue weighted by Gasteiger charge is -2.15. The molecule has 0 unspecified atom stereocenters. The molecule has 3 aromatic rings. The zero-order chi connectivity index (χ0) is 22.2. The minimum absolute atomic E-state index is 0.0534. The fourth-order valence-corrected chi connectivity index (χ4v) is 3.08. The smallest absolute Gasteiger partial charge is 0.338 e. The van der Waals surface area contributed by atoms with Gasteiger partial charge in [0, 0.05) is 0 Å². The Morgan fingerprint density at radius 3 is 1.91 bits per heavy atom. The molecule has 0 saturated carbocycles. The van der Waals surface area contributed by atoms with Gasteiger partial charge in [0.05, 0.1) is 11.3 Å². The van der Waals surface area contributed by atoms with Crippen molar-refractivity contribution in [3.8, 4) is 0 Å². The van der Waals surface area contributed by atoms with E-state index in [1.54, 1.807) is 12.1 Å². The summed E-state index contributed by atoms with van der Waals surface area (Å²) >= 11 is 0. The monoisotopic (exact) mass is 423 g/mol. The number of ketones is 1. The third kappa shape index (κ3) is 5.46. The lowest BCUT2D eigenvalue weighted by Crippen LogP contribution is -2.23. The molecule has 0 aliphatic heterocycles. The van der Waals surface area contributed by atoms with Crippen LogP contribution in [0.15, 0.2) is 119 Å². The van der Waals surface area contributed by atoms with Crippen molar-refractivity contribution in [2.75, 3.05) is 0 Å². The zero-order valence-corrected chi connectivity index (χ0v) is 17.3. The van der Waals surface area contributed by atoms with E-state index in [9.17, 15) is 9.59 Å². The summed E-state index contributed by atoms with van der Waals surface area (Å²) in [6.07, 6.45) is 2.86. The highest BCUT2D eigenvalue weighted by Crippen LogP contribution is 2.21. The topological polar surface area (TPSA) is 65.0 Å². The molecule has 0 heterocycles. The predicted octanol–water partition coefficient (Wildman–Crippen LogP) is 5.11. The van der Waals surface area contributed by atoms with E-state index in [1.165, 1.54) is 12.2 Å². The Balaban J connectivity index is 1.57.